The Bertz CT molecular complexity index is 489. The van der Waals surface area contributed by atoms with Crippen LogP contribution in [-0.4, -0.2) is 42.3 Å². The van der Waals surface area contributed by atoms with Crippen LogP contribution in [0.1, 0.15) is 32.3 Å². The number of Topliss-reactive ketones (excluding diaryl/α,β-unsaturated/α-hetero) is 1. The molecule has 0 aliphatic carbocycles. The Morgan fingerprint density at radius 1 is 1.20 bits per heavy atom. The number of hydrogen-bond donors (Lipinski definition) is 0. The molecule has 0 N–H and O–H groups in total. The highest BCUT2D eigenvalue weighted by Gasteiger charge is 2.24. The van der Waals surface area contributed by atoms with Gasteiger partial charge in [0.15, 0.2) is 0 Å². The molecule has 1 aromatic rings. The largest absolute Gasteiger partial charge is 0.375 e. The molecule has 3 nitrogen and oxygen atoms in total. The highest BCUT2D eigenvalue weighted by molar-refractivity contribution is 5.85. The molecule has 108 valence electrons. The molecule has 1 saturated heterocycles. The smallest absolute Gasteiger partial charge is 0.140 e. The predicted octanol–water partition coefficient (Wildman–Crippen LogP) is 2.99. The van der Waals surface area contributed by atoms with E-state index in [9.17, 15) is 4.79 Å². The molecule has 20 heavy (non-hydrogen) atoms. The van der Waals surface area contributed by atoms with Gasteiger partial charge in [0.05, 0.1) is 5.70 Å². The monoisotopic (exact) mass is 272 g/mol. The van der Waals surface area contributed by atoms with Gasteiger partial charge in [-0.2, -0.15) is 0 Å². The minimum Gasteiger partial charge on any atom is -0.375 e. The summed E-state index contributed by atoms with van der Waals surface area (Å²) in [6.45, 7) is 7.06. The van der Waals surface area contributed by atoms with E-state index in [-0.39, 0.29) is 0 Å². The molecule has 1 fully saturated rings. The van der Waals surface area contributed by atoms with Crippen LogP contribution in [0.4, 0.5) is 0 Å². The summed E-state index contributed by atoms with van der Waals surface area (Å²) >= 11 is 0. The second-order valence-electron chi connectivity index (χ2n) is 5.22. The number of carbonyl (C=O) groups excluding carboxylic acids is 1. The van der Waals surface area contributed by atoms with Crippen LogP contribution in [0.25, 0.3) is 5.70 Å². The molecular weight excluding hydrogens is 248 g/mol. The Labute approximate surface area is 121 Å². The SMILES string of the molecule is CCN(CC)C(=C1CC(=O)CCN1C)c1ccccc1. The van der Waals surface area contributed by atoms with Gasteiger partial charge in [-0.05, 0) is 19.4 Å². The lowest BCUT2D eigenvalue weighted by molar-refractivity contribution is -0.120. The van der Waals surface area contributed by atoms with Crippen molar-refractivity contribution in [2.75, 3.05) is 26.7 Å². The van der Waals surface area contributed by atoms with Crippen LogP contribution < -0.4 is 0 Å². The Morgan fingerprint density at radius 2 is 1.85 bits per heavy atom. The molecule has 0 spiro atoms. The fourth-order valence-corrected chi connectivity index (χ4v) is 2.77. The number of piperidine rings is 1. The maximum Gasteiger partial charge on any atom is 0.140 e. The number of hydrogen-bond acceptors (Lipinski definition) is 3. The third kappa shape index (κ3) is 3.03. The molecule has 1 aliphatic rings. The predicted molar refractivity (Wildman–Crippen MR) is 83.2 cm³/mol. The first-order valence-electron chi connectivity index (χ1n) is 7.43. The summed E-state index contributed by atoms with van der Waals surface area (Å²) in [6, 6.07) is 10.4. The molecule has 1 heterocycles. The Morgan fingerprint density at radius 3 is 2.45 bits per heavy atom. The zero-order chi connectivity index (χ0) is 14.5. The van der Waals surface area contributed by atoms with E-state index < -0.39 is 0 Å². The van der Waals surface area contributed by atoms with Crippen LogP contribution in [0.5, 0.6) is 0 Å². The Hall–Kier alpha value is -1.77. The lowest BCUT2D eigenvalue weighted by atomic mass is 10.00. The molecule has 2 rings (SSSR count). The number of ketones is 1. The van der Waals surface area contributed by atoms with Crippen molar-refractivity contribution in [2.45, 2.75) is 26.7 Å². The minimum absolute atomic E-state index is 0.346. The molecule has 0 atom stereocenters. The van der Waals surface area contributed by atoms with Crippen molar-refractivity contribution in [3.8, 4) is 0 Å². The van der Waals surface area contributed by atoms with Crippen LogP contribution in [0.3, 0.4) is 0 Å². The average Bonchev–Trinajstić information content (AvgIpc) is 2.48. The molecule has 1 aliphatic heterocycles. The fourth-order valence-electron chi connectivity index (χ4n) is 2.77. The van der Waals surface area contributed by atoms with E-state index in [0.717, 1.165) is 25.3 Å². The molecule has 0 saturated carbocycles. The van der Waals surface area contributed by atoms with Crippen molar-refractivity contribution >= 4 is 11.5 Å². The van der Waals surface area contributed by atoms with Crippen molar-refractivity contribution < 1.29 is 4.79 Å². The second kappa shape index (κ2) is 6.60. The van der Waals surface area contributed by atoms with E-state index in [2.05, 4.69) is 55.0 Å². The van der Waals surface area contributed by atoms with Crippen LogP contribution in [0.15, 0.2) is 36.0 Å². The van der Waals surface area contributed by atoms with E-state index >= 15 is 0 Å². The summed E-state index contributed by atoms with van der Waals surface area (Å²) in [7, 11) is 2.09. The summed E-state index contributed by atoms with van der Waals surface area (Å²) in [5.74, 6) is 0.346. The summed E-state index contributed by atoms with van der Waals surface area (Å²) in [4.78, 5) is 16.5. The first kappa shape index (κ1) is 14.6. The minimum atomic E-state index is 0.346. The number of rotatable bonds is 4. The van der Waals surface area contributed by atoms with E-state index in [1.165, 1.54) is 11.3 Å². The van der Waals surface area contributed by atoms with E-state index in [0.29, 0.717) is 18.6 Å². The van der Waals surface area contributed by atoms with E-state index in [1.54, 1.807) is 0 Å². The van der Waals surface area contributed by atoms with Crippen molar-refractivity contribution in [1.82, 2.24) is 9.80 Å². The summed E-state index contributed by atoms with van der Waals surface area (Å²) < 4.78 is 0. The first-order chi connectivity index (χ1) is 9.67. The van der Waals surface area contributed by atoms with E-state index in [1.807, 2.05) is 6.07 Å². The third-order valence-electron chi connectivity index (χ3n) is 3.95. The van der Waals surface area contributed by atoms with Gasteiger partial charge in [0.25, 0.3) is 0 Å². The molecule has 0 unspecified atom stereocenters. The third-order valence-corrected chi connectivity index (χ3v) is 3.95. The quantitative estimate of drug-likeness (QED) is 0.842. The summed E-state index contributed by atoms with van der Waals surface area (Å²) in [5, 5.41) is 0. The molecule has 3 heteroatoms. The zero-order valence-electron chi connectivity index (χ0n) is 12.7. The highest BCUT2D eigenvalue weighted by atomic mass is 16.1. The lowest BCUT2D eigenvalue weighted by Crippen LogP contribution is -2.33. The maximum absolute atomic E-state index is 11.9. The van der Waals surface area contributed by atoms with E-state index in [4.69, 9.17) is 0 Å². The number of benzene rings is 1. The molecule has 0 aromatic heterocycles. The Kier molecular flexibility index (Phi) is 4.83. The standard InChI is InChI=1S/C17H24N2O/c1-4-19(5-2)17(14-9-7-6-8-10-14)16-13-15(20)11-12-18(16)3/h6-10H,4-5,11-13H2,1-3H3. The van der Waals surface area contributed by atoms with Gasteiger partial charge in [-0.1, -0.05) is 30.3 Å². The maximum atomic E-state index is 11.9. The molecular formula is C17H24N2O. The normalized spacial score (nSPS) is 18.1. The van der Waals surface area contributed by atoms with Gasteiger partial charge in [-0.15, -0.1) is 0 Å². The second-order valence-corrected chi connectivity index (χ2v) is 5.22. The first-order valence-corrected chi connectivity index (χ1v) is 7.43. The zero-order valence-corrected chi connectivity index (χ0v) is 12.7. The summed E-state index contributed by atoms with van der Waals surface area (Å²) in [5.41, 5.74) is 3.58. The van der Waals surface area contributed by atoms with Gasteiger partial charge in [0, 0.05) is 45.2 Å². The average molecular weight is 272 g/mol. The molecule has 1 aromatic carbocycles. The van der Waals surface area contributed by atoms with Crippen LogP contribution in [-0.2, 0) is 4.79 Å². The highest BCUT2D eigenvalue weighted by Crippen LogP contribution is 2.29. The van der Waals surface area contributed by atoms with Crippen molar-refractivity contribution in [1.29, 1.82) is 0 Å². The van der Waals surface area contributed by atoms with Crippen molar-refractivity contribution in [3.05, 3.63) is 41.6 Å². The molecule has 0 amide bonds. The Balaban J connectivity index is 2.52. The summed E-state index contributed by atoms with van der Waals surface area (Å²) in [6.07, 6.45) is 1.22. The number of carbonyl (C=O) groups is 1. The molecule has 0 radical (unpaired) electrons. The van der Waals surface area contributed by atoms with Gasteiger partial charge in [0.2, 0.25) is 0 Å². The fraction of sp³-hybridized carbons (Fsp3) is 0.471. The van der Waals surface area contributed by atoms with Crippen molar-refractivity contribution in [2.24, 2.45) is 0 Å². The van der Waals surface area contributed by atoms with Crippen LogP contribution in [0.2, 0.25) is 0 Å². The number of nitrogens with zero attached hydrogens (tertiary/aromatic N) is 2. The van der Waals surface area contributed by atoms with Gasteiger partial charge in [0.1, 0.15) is 5.78 Å². The van der Waals surface area contributed by atoms with Crippen molar-refractivity contribution in [3.63, 3.8) is 0 Å². The van der Waals surface area contributed by atoms with Gasteiger partial charge < -0.3 is 9.80 Å². The number of allylic oxidation sites excluding steroid dienone is 1. The van der Waals surface area contributed by atoms with Crippen LogP contribution >= 0.6 is 0 Å². The van der Waals surface area contributed by atoms with Crippen LogP contribution in [0, 0.1) is 0 Å². The lowest BCUT2D eigenvalue weighted by Gasteiger charge is -2.34. The van der Waals surface area contributed by atoms with Gasteiger partial charge in [-0.25, -0.2) is 0 Å². The molecule has 0 bridgehead atoms. The number of likely N-dealkylation sites (tertiary alicyclic amines) is 1. The van der Waals surface area contributed by atoms with Gasteiger partial charge in [-0.3, -0.25) is 4.79 Å². The van der Waals surface area contributed by atoms with Gasteiger partial charge >= 0.3 is 0 Å². The topological polar surface area (TPSA) is 23.6 Å².